The first kappa shape index (κ1) is 15.5. The highest BCUT2D eigenvalue weighted by molar-refractivity contribution is 5.31. The van der Waals surface area contributed by atoms with Gasteiger partial charge in [0.1, 0.15) is 0 Å². The van der Waals surface area contributed by atoms with Gasteiger partial charge in [-0.2, -0.15) is 5.10 Å². The number of methoxy groups -OCH3 is 1. The first-order valence-corrected chi connectivity index (χ1v) is 7.13. The van der Waals surface area contributed by atoms with Crippen LogP contribution in [0.1, 0.15) is 36.7 Å². The van der Waals surface area contributed by atoms with E-state index in [1.807, 2.05) is 30.9 Å². The summed E-state index contributed by atoms with van der Waals surface area (Å²) in [6.07, 6.45) is 2.93. The Morgan fingerprint density at radius 1 is 1.43 bits per heavy atom. The van der Waals surface area contributed by atoms with Crippen molar-refractivity contribution < 1.29 is 9.13 Å². The van der Waals surface area contributed by atoms with Gasteiger partial charge in [0.25, 0.3) is 0 Å². The Labute approximate surface area is 124 Å². The van der Waals surface area contributed by atoms with E-state index in [1.54, 1.807) is 6.07 Å². The average molecular weight is 291 g/mol. The van der Waals surface area contributed by atoms with Crippen LogP contribution in [0.25, 0.3) is 0 Å². The molecule has 114 valence electrons. The maximum atomic E-state index is 13.7. The van der Waals surface area contributed by atoms with Crippen LogP contribution in [0.4, 0.5) is 4.39 Å². The monoisotopic (exact) mass is 291 g/mol. The van der Waals surface area contributed by atoms with Crippen LogP contribution in [-0.4, -0.2) is 16.9 Å². The van der Waals surface area contributed by atoms with E-state index >= 15 is 0 Å². The molecule has 0 saturated heterocycles. The molecule has 2 aromatic rings. The molecule has 0 amide bonds. The van der Waals surface area contributed by atoms with Crippen molar-refractivity contribution in [3.05, 3.63) is 47.0 Å². The topological polar surface area (TPSA) is 39.1 Å². The molecule has 1 heterocycles. The summed E-state index contributed by atoms with van der Waals surface area (Å²) >= 11 is 0. The highest BCUT2D eigenvalue weighted by Gasteiger charge is 2.11. The van der Waals surface area contributed by atoms with E-state index in [-0.39, 0.29) is 17.6 Å². The lowest BCUT2D eigenvalue weighted by atomic mass is 10.1. The third-order valence-corrected chi connectivity index (χ3v) is 3.60. The van der Waals surface area contributed by atoms with Gasteiger partial charge in [-0.15, -0.1) is 0 Å². The van der Waals surface area contributed by atoms with E-state index in [0.717, 1.165) is 17.7 Å². The third-order valence-electron chi connectivity index (χ3n) is 3.60. The van der Waals surface area contributed by atoms with E-state index in [1.165, 1.54) is 18.7 Å². The molecular weight excluding hydrogens is 269 g/mol. The Bertz CT molecular complexity index is 610. The molecule has 1 N–H and O–H groups in total. The second-order valence-corrected chi connectivity index (χ2v) is 5.12. The Balaban J connectivity index is 2.04. The van der Waals surface area contributed by atoms with Gasteiger partial charge in [-0.05, 0) is 31.0 Å². The van der Waals surface area contributed by atoms with Gasteiger partial charge in [0, 0.05) is 31.4 Å². The smallest absolute Gasteiger partial charge is 0.165 e. The average Bonchev–Trinajstić information content (AvgIpc) is 2.84. The molecule has 4 nitrogen and oxygen atoms in total. The zero-order valence-electron chi connectivity index (χ0n) is 13.0. The van der Waals surface area contributed by atoms with Crippen molar-refractivity contribution in [2.24, 2.45) is 7.05 Å². The third kappa shape index (κ3) is 3.61. The van der Waals surface area contributed by atoms with E-state index < -0.39 is 0 Å². The van der Waals surface area contributed by atoms with Crippen LogP contribution in [0.3, 0.4) is 0 Å². The van der Waals surface area contributed by atoms with Crippen molar-refractivity contribution in [3.8, 4) is 5.75 Å². The second kappa shape index (κ2) is 6.72. The number of benzene rings is 1. The molecule has 0 bridgehead atoms. The predicted molar refractivity (Wildman–Crippen MR) is 80.8 cm³/mol. The largest absolute Gasteiger partial charge is 0.494 e. The zero-order valence-corrected chi connectivity index (χ0v) is 13.0. The molecule has 1 aromatic carbocycles. The first-order valence-electron chi connectivity index (χ1n) is 7.13. The minimum atomic E-state index is -0.334. The Morgan fingerprint density at radius 2 is 2.19 bits per heavy atom. The standard InChI is InChI=1S/C16H22FN3O/c1-5-15-13(10-20(3)19-15)9-18-11(2)12-6-7-16(21-4)14(17)8-12/h6-8,10-11,18H,5,9H2,1-4H3. The van der Waals surface area contributed by atoms with Gasteiger partial charge in [-0.25, -0.2) is 4.39 Å². The summed E-state index contributed by atoms with van der Waals surface area (Å²) in [5, 5.41) is 7.82. The molecule has 5 heteroatoms. The summed E-state index contributed by atoms with van der Waals surface area (Å²) in [5.74, 6) is -0.0641. The molecule has 0 aliphatic carbocycles. The van der Waals surface area contributed by atoms with Crippen LogP contribution in [-0.2, 0) is 20.0 Å². The van der Waals surface area contributed by atoms with Crippen LogP contribution < -0.4 is 10.1 Å². The first-order chi connectivity index (χ1) is 10.0. The fourth-order valence-electron chi connectivity index (χ4n) is 2.36. The quantitative estimate of drug-likeness (QED) is 0.889. The summed E-state index contributed by atoms with van der Waals surface area (Å²) in [5.41, 5.74) is 3.18. The number of rotatable bonds is 6. The van der Waals surface area contributed by atoms with Gasteiger partial charge in [0.05, 0.1) is 12.8 Å². The van der Waals surface area contributed by atoms with Crippen molar-refractivity contribution in [3.63, 3.8) is 0 Å². The molecule has 1 unspecified atom stereocenters. The molecule has 0 fully saturated rings. The van der Waals surface area contributed by atoms with Crippen molar-refractivity contribution >= 4 is 0 Å². The van der Waals surface area contributed by atoms with Crippen LogP contribution in [0, 0.1) is 5.82 Å². The van der Waals surface area contributed by atoms with E-state index in [4.69, 9.17) is 4.74 Å². The van der Waals surface area contributed by atoms with E-state index in [0.29, 0.717) is 6.54 Å². The number of aryl methyl sites for hydroxylation is 2. The number of nitrogens with one attached hydrogen (secondary N) is 1. The SMILES string of the molecule is CCc1nn(C)cc1CNC(C)c1ccc(OC)c(F)c1. The molecule has 1 atom stereocenters. The Kier molecular flexibility index (Phi) is 4.96. The summed E-state index contributed by atoms with van der Waals surface area (Å²) in [4.78, 5) is 0. The summed E-state index contributed by atoms with van der Waals surface area (Å²) in [6, 6.07) is 5.10. The molecule has 0 aliphatic rings. The fourth-order valence-corrected chi connectivity index (χ4v) is 2.36. The van der Waals surface area contributed by atoms with E-state index in [2.05, 4.69) is 17.3 Å². The number of hydrogen-bond acceptors (Lipinski definition) is 3. The van der Waals surface area contributed by atoms with Gasteiger partial charge >= 0.3 is 0 Å². The highest BCUT2D eigenvalue weighted by atomic mass is 19.1. The minimum Gasteiger partial charge on any atom is -0.494 e. The number of halogens is 1. The number of aromatic nitrogens is 2. The van der Waals surface area contributed by atoms with Crippen LogP contribution in [0.5, 0.6) is 5.75 Å². The van der Waals surface area contributed by atoms with Crippen LogP contribution in [0.2, 0.25) is 0 Å². The Hall–Kier alpha value is -1.88. The Morgan fingerprint density at radius 3 is 2.81 bits per heavy atom. The van der Waals surface area contributed by atoms with Crippen molar-refractivity contribution in [1.29, 1.82) is 0 Å². The van der Waals surface area contributed by atoms with Gasteiger partial charge in [0.2, 0.25) is 0 Å². The summed E-state index contributed by atoms with van der Waals surface area (Å²) in [7, 11) is 3.39. The van der Waals surface area contributed by atoms with Crippen molar-refractivity contribution in [2.45, 2.75) is 32.9 Å². The fraction of sp³-hybridized carbons (Fsp3) is 0.438. The molecular formula is C16H22FN3O. The number of hydrogen-bond donors (Lipinski definition) is 1. The molecule has 0 spiro atoms. The maximum Gasteiger partial charge on any atom is 0.165 e. The molecule has 0 aliphatic heterocycles. The summed E-state index contributed by atoms with van der Waals surface area (Å²) < 4.78 is 20.5. The van der Waals surface area contributed by atoms with Crippen molar-refractivity contribution in [2.75, 3.05) is 7.11 Å². The lowest BCUT2D eigenvalue weighted by molar-refractivity contribution is 0.385. The molecule has 0 saturated carbocycles. The lowest BCUT2D eigenvalue weighted by Gasteiger charge is -2.15. The zero-order chi connectivity index (χ0) is 15.4. The van der Waals surface area contributed by atoms with Gasteiger partial charge in [-0.3, -0.25) is 4.68 Å². The van der Waals surface area contributed by atoms with Crippen LogP contribution in [0.15, 0.2) is 24.4 Å². The predicted octanol–water partition coefficient (Wildman–Crippen LogP) is 2.98. The van der Waals surface area contributed by atoms with Crippen molar-refractivity contribution in [1.82, 2.24) is 15.1 Å². The maximum absolute atomic E-state index is 13.7. The highest BCUT2D eigenvalue weighted by Crippen LogP contribution is 2.22. The number of ether oxygens (including phenoxy) is 1. The van der Waals surface area contributed by atoms with Crippen LogP contribution >= 0.6 is 0 Å². The van der Waals surface area contributed by atoms with Gasteiger partial charge in [-0.1, -0.05) is 13.0 Å². The lowest BCUT2D eigenvalue weighted by Crippen LogP contribution is -2.18. The minimum absolute atomic E-state index is 0.0512. The van der Waals surface area contributed by atoms with Gasteiger partial charge < -0.3 is 10.1 Å². The molecule has 2 rings (SSSR count). The number of nitrogens with zero attached hydrogens (tertiary/aromatic N) is 2. The second-order valence-electron chi connectivity index (χ2n) is 5.12. The molecule has 1 aromatic heterocycles. The molecule has 21 heavy (non-hydrogen) atoms. The normalized spacial score (nSPS) is 12.4. The summed E-state index contributed by atoms with van der Waals surface area (Å²) in [6.45, 7) is 4.82. The molecule has 0 radical (unpaired) electrons. The van der Waals surface area contributed by atoms with E-state index in [9.17, 15) is 4.39 Å². The van der Waals surface area contributed by atoms with Gasteiger partial charge in [0.15, 0.2) is 11.6 Å².